The molecule has 0 bridgehead atoms. The van der Waals surface area contributed by atoms with Gasteiger partial charge >= 0.3 is 6.03 Å². The molecule has 3 aromatic heterocycles. The average Bonchev–Trinajstić information content (AvgIpc) is 3.23. The second-order valence-electron chi connectivity index (χ2n) is 6.72. The summed E-state index contributed by atoms with van der Waals surface area (Å²) in [6.45, 7) is 2.97. The predicted molar refractivity (Wildman–Crippen MR) is 111 cm³/mol. The van der Waals surface area contributed by atoms with Crippen molar-refractivity contribution >= 4 is 34.1 Å². The van der Waals surface area contributed by atoms with Crippen molar-refractivity contribution in [1.29, 1.82) is 0 Å². The van der Waals surface area contributed by atoms with Crippen molar-refractivity contribution in [2.75, 3.05) is 38.5 Å². The van der Waals surface area contributed by atoms with Crippen molar-refractivity contribution < 1.29 is 9.59 Å². The number of carbonyl (C=O) groups excluding carboxylic acids is 2. The van der Waals surface area contributed by atoms with Gasteiger partial charge in [0.05, 0.1) is 5.69 Å². The largest absolute Gasteiger partial charge is 0.354 e. The number of piperazine rings is 1. The molecule has 0 radical (unpaired) electrons. The van der Waals surface area contributed by atoms with E-state index in [1.807, 2.05) is 5.38 Å². The number of carbonyl (C=O) groups is 2. The van der Waals surface area contributed by atoms with Crippen LogP contribution in [0.25, 0.3) is 4.96 Å². The van der Waals surface area contributed by atoms with Gasteiger partial charge in [-0.3, -0.25) is 24.2 Å². The molecule has 0 unspecified atom stereocenters. The van der Waals surface area contributed by atoms with E-state index < -0.39 is 0 Å². The lowest BCUT2D eigenvalue weighted by molar-refractivity contribution is 0.0957. The number of amides is 3. The highest BCUT2D eigenvalue weighted by molar-refractivity contribution is 7.15. The average molecular weight is 428 g/mol. The summed E-state index contributed by atoms with van der Waals surface area (Å²) in [5, 5.41) is 14.6. The fourth-order valence-electron chi connectivity index (χ4n) is 3.14. The van der Waals surface area contributed by atoms with Crippen LogP contribution in [0, 0.1) is 0 Å². The molecule has 3 amide bonds. The zero-order valence-electron chi connectivity index (χ0n) is 16.2. The minimum atomic E-state index is -0.341. The molecule has 4 heterocycles. The molecule has 0 spiro atoms. The number of thiazole rings is 1. The molecule has 156 valence electrons. The molecule has 0 aromatic carbocycles. The van der Waals surface area contributed by atoms with E-state index in [0.29, 0.717) is 37.7 Å². The van der Waals surface area contributed by atoms with Gasteiger partial charge in [-0.25, -0.2) is 9.78 Å². The summed E-state index contributed by atoms with van der Waals surface area (Å²) in [6.07, 6.45) is 1.72. The Hall–Kier alpha value is -3.38. The van der Waals surface area contributed by atoms with Crippen LogP contribution in [0.5, 0.6) is 0 Å². The number of fused-ring (bicyclic) bond motifs is 1. The molecule has 1 saturated heterocycles. The van der Waals surface area contributed by atoms with Crippen molar-refractivity contribution in [2.45, 2.75) is 6.54 Å². The number of rotatable bonds is 4. The van der Waals surface area contributed by atoms with Crippen LogP contribution in [0.15, 0.2) is 34.6 Å². The fraction of sp³-hybridized carbons (Fsp3) is 0.333. The van der Waals surface area contributed by atoms with Crippen LogP contribution < -0.4 is 16.2 Å². The van der Waals surface area contributed by atoms with Crippen molar-refractivity contribution in [3.8, 4) is 0 Å². The first-order valence-corrected chi connectivity index (χ1v) is 10.2. The topological polar surface area (TPSA) is 125 Å². The van der Waals surface area contributed by atoms with E-state index in [4.69, 9.17) is 0 Å². The molecule has 1 aliphatic heterocycles. The number of hydrogen-bond donors (Lipinski definition) is 2. The third-order valence-corrected chi connectivity index (χ3v) is 5.52. The van der Waals surface area contributed by atoms with Crippen LogP contribution in [0.4, 0.5) is 10.6 Å². The van der Waals surface area contributed by atoms with E-state index in [9.17, 15) is 14.4 Å². The summed E-state index contributed by atoms with van der Waals surface area (Å²) in [5.74, 6) is -0.0593. The van der Waals surface area contributed by atoms with E-state index in [-0.39, 0.29) is 29.0 Å². The van der Waals surface area contributed by atoms with E-state index in [0.717, 1.165) is 5.69 Å². The smallest absolute Gasteiger partial charge is 0.323 e. The minimum Gasteiger partial charge on any atom is -0.354 e. The zero-order valence-corrected chi connectivity index (χ0v) is 17.1. The van der Waals surface area contributed by atoms with Gasteiger partial charge in [-0.15, -0.1) is 21.5 Å². The Balaban J connectivity index is 1.30. The summed E-state index contributed by atoms with van der Waals surface area (Å²) < 4.78 is 1.53. The van der Waals surface area contributed by atoms with Gasteiger partial charge < -0.3 is 10.2 Å². The highest BCUT2D eigenvalue weighted by Gasteiger charge is 2.22. The molecule has 3 aromatic rings. The van der Waals surface area contributed by atoms with Crippen molar-refractivity contribution in [2.24, 2.45) is 0 Å². The summed E-state index contributed by atoms with van der Waals surface area (Å²) in [6, 6.07) is 4.32. The minimum absolute atomic E-state index is 0.0854. The predicted octanol–water partition coefficient (Wildman–Crippen LogP) is 0.255. The lowest BCUT2D eigenvalue weighted by atomic mass is 10.3. The van der Waals surface area contributed by atoms with Crippen LogP contribution in [0.2, 0.25) is 0 Å². The number of urea groups is 1. The molecule has 2 N–H and O–H groups in total. The molecule has 0 aliphatic carbocycles. The van der Waals surface area contributed by atoms with Gasteiger partial charge in [0.15, 0.2) is 16.5 Å². The second-order valence-corrected chi connectivity index (χ2v) is 7.59. The molecule has 30 heavy (non-hydrogen) atoms. The molecule has 1 aliphatic rings. The number of hydrogen-bond acceptors (Lipinski definition) is 8. The summed E-state index contributed by atoms with van der Waals surface area (Å²) >= 11 is 1.43. The van der Waals surface area contributed by atoms with Crippen LogP contribution in [-0.2, 0) is 6.54 Å². The molecular formula is C18H20N8O3S. The van der Waals surface area contributed by atoms with Gasteiger partial charge in [-0.2, -0.15) is 0 Å². The lowest BCUT2D eigenvalue weighted by Crippen LogP contribution is -2.49. The lowest BCUT2D eigenvalue weighted by Gasteiger charge is -2.34. The van der Waals surface area contributed by atoms with E-state index in [1.165, 1.54) is 34.9 Å². The van der Waals surface area contributed by atoms with Gasteiger partial charge in [-0.1, -0.05) is 0 Å². The first-order valence-electron chi connectivity index (χ1n) is 9.33. The van der Waals surface area contributed by atoms with Crippen molar-refractivity contribution in [1.82, 2.24) is 34.7 Å². The van der Waals surface area contributed by atoms with E-state index in [1.54, 1.807) is 17.2 Å². The summed E-state index contributed by atoms with van der Waals surface area (Å²) in [4.78, 5) is 45.1. The first-order chi connectivity index (χ1) is 14.5. The normalized spacial score (nSPS) is 14.6. The number of anilines is 1. The van der Waals surface area contributed by atoms with Crippen LogP contribution >= 0.6 is 11.3 Å². The van der Waals surface area contributed by atoms with Crippen LogP contribution in [-0.4, -0.2) is 74.5 Å². The van der Waals surface area contributed by atoms with Crippen LogP contribution in [0.1, 0.15) is 16.2 Å². The van der Waals surface area contributed by atoms with Gasteiger partial charge in [0.2, 0.25) is 0 Å². The molecular weight excluding hydrogens is 408 g/mol. The third kappa shape index (κ3) is 4.28. The number of aromatic nitrogens is 4. The van der Waals surface area contributed by atoms with Crippen molar-refractivity contribution in [3.05, 3.63) is 51.5 Å². The van der Waals surface area contributed by atoms with E-state index >= 15 is 0 Å². The maximum atomic E-state index is 12.5. The highest BCUT2D eigenvalue weighted by atomic mass is 32.1. The quantitative estimate of drug-likeness (QED) is 0.610. The Bertz CT molecular complexity index is 1120. The third-order valence-electron chi connectivity index (χ3n) is 4.76. The standard InChI is InChI=1S/C18H20N8O3S/c1-19-16(28)13-2-3-14(23-22-13)21-17(29)25-6-4-24(5-7-25)11-12-10-15(27)26-8-9-30-18(26)20-12/h2-3,8-10H,4-7,11H2,1H3,(H,19,28)(H,21,23,29). The van der Waals surface area contributed by atoms with Crippen LogP contribution in [0.3, 0.4) is 0 Å². The number of nitrogens with one attached hydrogen (secondary N) is 2. The number of nitrogens with zero attached hydrogens (tertiary/aromatic N) is 6. The monoisotopic (exact) mass is 428 g/mol. The Morgan fingerprint density at radius 2 is 1.97 bits per heavy atom. The maximum absolute atomic E-state index is 12.5. The summed E-state index contributed by atoms with van der Waals surface area (Å²) in [7, 11) is 1.51. The summed E-state index contributed by atoms with van der Waals surface area (Å²) in [5.41, 5.74) is 0.822. The highest BCUT2D eigenvalue weighted by Crippen LogP contribution is 2.11. The van der Waals surface area contributed by atoms with Gasteiger partial charge in [-0.05, 0) is 12.1 Å². The Kier molecular flexibility index (Phi) is 5.68. The Morgan fingerprint density at radius 3 is 2.67 bits per heavy atom. The molecule has 0 atom stereocenters. The molecule has 11 nitrogen and oxygen atoms in total. The molecule has 4 rings (SSSR count). The van der Waals surface area contributed by atoms with E-state index in [2.05, 4.69) is 30.7 Å². The first kappa shape index (κ1) is 19.9. The molecule has 0 saturated carbocycles. The van der Waals surface area contributed by atoms with Gasteiger partial charge in [0.1, 0.15) is 0 Å². The van der Waals surface area contributed by atoms with Gasteiger partial charge in [0, 0.05) is 57.4 Å². The zero-order chi connectivity index (χ0) is 21.1. The van der Waals surface area contributed by atoms with Crippen molar-refractivity contribution in [3.63, 3.8) is 0 Å². The molecule has 1 fully saturated rings. The SMILES string of the molecule is CNC(=O)c1ccc(NC(=O)N2CCN(Cc3cc(=O)n4ccsc4n3)CC2)nn1. The fourth-order valence-corrected chi connectivity index (χ4v) is 3.88. The molecule has 12 heteroatoms. The maximum Gasteiger partial charge on any atom is 0.323 e. The van der Waals surface area contributed by atoms with Gasteiger partial charge in [0.25, 0.3) is 11.5 Å². The Morgan fingerprint density at radius 1 is 1.17 bits per heavy atom. The second kappa shape index (κ2) is 8.55. The Labute approximate surface area is 175 Å².